The summed E-state index contributed by atoms with van der Waals surface area (Å²) >= 11 is 2.77. The van der Waals surface area contributed by atoms with E-state index in [4.69, 9.17) is 5.73 Å². The molecule has 2 aromatic carbocycles. The summed E-state index contributed by atoms with van der Waals surface area (Å²) in [5, 5.41) is 3.83. The Kier molecular flexibility index (Phi) is 7.39. The van der Waals surface area contributed by atoms with Crippen LogP contribution in [-0.4, -0.2) is 22.9 Å². The highest BCUT2D eigenvalue weighted by molar-refractivity contribution is 7.96. The molecule has 1 fully saturated rings. The summed E-state index contributed by atoms with van der Waals surface area (Å²) in [5.74, 6) is -1.69. The summed E-state index contributed by atoms with van der Waals surface area (Å²) in [6.07, 6.45) is 3.95. The number of ketones is 1. The van der Waals surface area contributed by atoms with Crippen molar-refractivity contribution in [1.82, 2.24) is 9.71 Å². The number of nitrogens with zero attached hydrogens (tertiary/aromatic N) is 1. The number of carbonyl (C=O) groups excluding carboxylic acids is 1. The Morgan fingerprint density at radius 2 is 1.69 bits per heavy atom. The zero-order valence-corrected chi connectivity index (χ0v) is 18.9. The molecule has 1 saturated carbocycles. The van der Waals surface area contributed by atoms with E-state index in [1.54, 1.807) is 11.9 Å². The molecule has 4 N–H and O–H groups in total. The molecule has 0 saturated heterocycles. The van der Waals surface area contributed by atoms with E-state index in [9.17, 15) is 13.6 Å². The maximum absolute atomic E-state index is 14.0. The lowest BCUT2D eigenvalue weighted by molar-refractivity contribution is 0.103. The van der Waals surface area contributed by atoms with Gasteiger partial charge in [-0.15, -0.1) is 0 Å². The number of carbonyl (C=O) groups is 1. The van der Waals surface area contributed by atoms with Crippen LogP contribution in [0, 0.1) is 11.6 Å². The van der Waals surface area contributed by atoms with Gasteiger partial charge in [0.15, 0.2) is 5.13 Å². The molecule has 0 bridgehead atoms. The SMILES string of the molecule is Nc1nc(NC2CCC(NSCc3ccccc3)CC2)sc1C(=O)c1c(F)cccc1F. The molecule has 1 heterocycles. The Morgan fingerprint density at radius 3 is 2.38 bits per heavy atom. The van der Waals surface area contributed by atoms with Gasteiger partial charge in [-0.2, -0.15) is 0 Å². The fraction of sp³-hybridized carbons (Fsp3) is 0.304. The molecule has 0 radical (unpaired) electrons. The summed E-state index contributed by atoms with van der Waals surface area (Å²) in [6, 6.07) is 14.3. The Bertz CT molecular complexity index is 1050. The number of benzene rings is 2. The zero-order valence-electron chi connectivity index (χ0n) is 17.3. The molecule has 0 atom stereocenters. The number of hydrogen-bond acceptors (Lipinski definition) is 7. The van der Waals surface area contributed by atoms with Crippen molar-refractivity contribution < 1.29 is 13.6 Å². The number of aromatic nitrogens is 1. The molecule has 0 aliphatic heterocycles. The third-order valence-corrected chi connectivity index (χ3v) is 7.41. The first-order valence-electron chi connectivity index (χ1n) is 10.4. The van der Waals surface area contributed by atoms with Crippen molar-refractivity contribution in [3.05, 3.63) is 76.2 Å². The quantitative estimate of drug-likeness (QED) is 0.300. The van der Waals surface area contributed by atoms with Crippen LogP contribution in [0.1, 0.15) is 46.5 Å². The molecule has 168 valence electrons. The summed E-state index contributed by atoms with van der Waals surface area (Å²) in [7, 11) is 0. The van der Waals surface area contributed by atoms with Gasteiger partial charge >= 0.3 is 0 Å². The van der Waals surface area contributed by atoms with Gasteiger partial charge in [0.05, 0.1) is 5.56 Å². The fourth-order valence-electron chi connectivity index (χ4n) is 3.73. The second-order valence-corrected chi connectivity index (χ2v) is 9.56. The van der Waals surface area contributed by atoms with E-state index in [1.807, 2.05) is 18.2 Å². The number of hydrogen-bond donors (Lipinski definition) is 3. The minimum atomic E-state index is -0.909. The second kappa shape index (κ2) is 10.4. The van der Waals surface area contributed by atoms with Crippen molar-refractivity contribution in [3.8, 4) is 0 Å². The molecule has 1 aromatic heterocycles. The van der Waals surface area contributed by atoms with Gasteiger partial charge in [-0.05, 0) is 43.4 Å². The van der Waals surface area contributed by atoms with Crippen molar-refractivity contribution >= 4 is 40.0 Å². The smallest absolute Gasteiger partial charge is 0.212 e. The van der Waals surface area contributed by atoms with Crippen LogP contribution in [-0.2, 0) is 5.75 Å². The summed E-state index contributed by atoms with van der Waals surface area (Å²) in [4.78, 5) is 16.9. The number of rotatable bonds is 8. The topological polar surface area (TPSA) is 80.0 Å². The summed E-state index contributed by atoms with van der Waals surface area (Å²) in [6.45, 7) is 0. The van der Waals surface area contributed by atoms with Crippen molar-refractivity contribution in [2.45, 2.75) is 43.5 Å². The highest BCUT2D eigenvalue weighted by atomic mass is 32.2. The van der Waals surface area contributed by atoms with Gasteiger partial charge < -0.3 is 11.1 Å². The first kappa shape index (κ1) is 22.7. The maximum Gasteiger partial charge on any atom is 0.212 e. The largest absolute Gasteiger partial charge is 0.382 e. The molecule has 0 unspecified atom stereocenters. The number of halogens is 2. The van der Waals surface area contributed by atoms with Gasteiger partial charge in [-0.3, -0.25) is 9.52 Å². The molecule has 0 spiro atoms. The van der Waals surface area contributed by atoms with E-state index in [1.165, 1.54) is 11.6 Å². The average molecular weight is 475 g/mol. The van der Waals surface area contributed by atoms with E-state index in [0.717, 1.165) is 54.9 Å². The highest BCUT2D eigenvalue weighted by Gasteiger charge is 2.26. The van der Waals surface area contributed by atoms with Gasteiger partial charge in [-0.1, -0.05) is 59.7 Å². The molecular formula is C23H24F2N4OS2. The minimum Gasteiger partial charge on any atom is -0.382 e. The van der Waals surface area contributed by atoms with Gasteiger partial charge in [0.2, 0.25) is 5.78 Å². The third kappa shape index (κ3) is 5.46. The predicted octanol–water partition coefficient (Wildman–Crippen LogP) is 5.40. The van der Waals surface area contributed by atoms with Gasteiger partial charge in [0, 0.05) is 17.8 Å². The summed E-state index contributed by atoms with van der Waals surface area (Å²) in [5.41, 5.74) is 6.58. The Labute approximate surface area is 194 Å². The number of thiazole rings is 1. The summed E-state index contributed by atoms with van der Waals surface area (Å²) < 4.78 is 31.5. The normalized spacial score (nSPS) is 18.4. The standard InChI is InChI=1S/C23H24F2N4OS2/c24-17-7-4-8-18(25)19(17)20(30)21-22(26)28-23(32-21)27-15-9-11-16(12-10-15)29-31-13-14-5-2-1-3-6-14/h1-8,15-16,29H,9-13,26H2,(H,27,28). The third-order valence-electron chi connectivity index (χ3n) is 5.44. The lowest BCUT2D eigenvalue weighted by Crippen LogP contribution is -2.34. The molecule has 4 rings (SSSR count). The average Bonchev–Trinajstić information content (AvgIpc) is 3.15. The molecule has 3 aromatic rings. The van der Waals surface area contributed by atoms with E-state index in [2.05, 4.69) is 27.2 Å². The van der Waals surface area contributed by atoms with Crippen molar-refractivity contribution in [2.24, 2.45) is 0 Å². The van der Waals surface area contributed by atoms with E-state index in [-0.39, 0.29) is 16.7 Å². The predicted molar refractivity (Wildman–Crippen MR) is 127 cm³/mol. The van der Waals surface area contributed by atoms with Crippen LogP contribution >= 0.6 is 23.3 Å². The van der Waals surface area contributed by atoms with Crippen LogP contribution in [0.5, 0.6) is 0 Å². The second-order valence-electron chi connectivity index (χ2n) is 7.74. The van der Waals surface area contributed by atoms with Crippen LogP contribution in [0.2, 0.25) is 0 Å². The number of nitrogens with one attached hydrogen (secondary N) is 2. The van der Waals surface area contributed by atoms with Crippen LogP contribution in [0.15, 0.2) is 48.5 Å². The monoisotopic (exact) mass is 474 g/mol. The Balaban J connectivity index is 1.29. The lowest BCUT2D eigenvalue weighted by Gasteiger charge is -2.29. The molecule has 1 aliphatic rings. The highest BCUT2D eigenvalue weighted by Crippen LogP contribution is 2.31. The van der Waals surface area contributed by atoms with Gasteiger partial charge in [-0.25, -0.2) is 13.8 Å². The maximum atomic E-state index is 14.0. The van der Waals surface area contributed by atoms with Gasteiger partial charge in [0.1, 0.15) is 22.3 Å². The van der Waals surface area contributed by atoms with Crippen molar-refractivity contribution in [1.29, 1.82) is 0 Å². The van der Waals surface area contributed by atoms with E-state index >= 15 is 0 Å². The number of anilines is 2. The van der Waals surface area contributed by atoms with Crippen LogP contribution in [0.4, 0.5) is 19.7 Å². The van der Waals surface area contributed by atoms with Crippen LogP contribution in [0.25, 0.3) is 0 Å². The number of nitrogen functional groups attached to an aromatic ring is 1. The minimum absolute atomic E-state index is 0.0159. The first-order chi connectivity index (χ1) is 15.5. The number of nitrogens with two attached hydrogens (primary N) is 1. The van der Waals surface area contributed by atoms with E-state index in [0.29, 0.717) is 11.2 Å². The van der Waals surface area contributed by atoms with Crippen molar-refractivity contribution in [2.75, 3.05) is 11.1 Å². The van der Waals surface area contributed by atoms with Crippen LogP contribution in [0.3, 0.4) is 0 Å². The van der Waals surface area contributed by atoms with Gasteiger partial charge in [0.25, 0.3) is 0 Å². The fourth-order valence-corrected chi connectivity index (χ4v) is 5.55. The molecule has 0 amide bonds. The Hall–Kier alpha value is -2.49. The molecule has 32 heavy (non-hydrogen) atoms. The Morgan fingerprint density at radius 1 is 1.03 bits per heavy atom. The van der Waals surface area contributed by atoms with Crippen molar-refractivity contribution in [3.63, 3.8) is 0 Å². The zero-order chi connectivity index (χ0) is 22.5. The molecule has 1 aliphatic carbocycles. The van der Waals surface area contributed by atoms with Crippen LogP contribution < -0.4 is 15.8 Å². The first-order valence-corrected chi connectivity index (χ1v) is 12.2. The van der Waals surface area contributed by atoms with E-state index < -0.39 is 23.0 Å². The lowest BCUT2D eigenvalue weighted by atomic mass is 9.92. The molecular weight excluding hydrogens is 450 g/mol. The molecule has 9 heteroatoms. The molecule has 5 nitrogen and oxygen atoms in total.